The van der Waals surface area contributed by atoms with E-state index in [2.05, 4.69) is 19.8 Å². The van der Waals surface area contributed by atoms with Gasteiger partial charge in [-0.2, -0.15) is 4.21 Å². The predicted molar refractivity (Wildman–Crippen MR) is 34.1 cm³/mol. The van der Waals surface area contributed by atoms with E-state index in [-0.39, 0.29) is 0 Å². The lowest BCUT2D eigenvalue weighted by molar-refractivity contribution is 0.444. The number of nitrogens with two attached hydrogens (primary N) is 2. The summed E-state index contributed by atoms with van der Waals surface area (Å²) in [4.78, 5) is 0. The lowest BCUT2D eigenvalue weighted by Gasteiger charge is -1.99. The molecule has 0 aromatic carbocycles. The average molecular weight is 166 g/mol. The van der Waals surface area contributed by atoms with Gasteiger partial charge in [-0.3, -0.25) is 10.8 Å². The first-order chi connectivity index (χ1) is 4.52. The first-order valence-electron chi connectivity index (χ1n) is 1.99. The molecule has 0 aromatic heterocycles. The molecule has 0 atom stereocenters. The summed E-state index contributed by atoms with van der Waals surface area (Å²) < 4.78 is 18.2. The van der Waals surface area contributed by atoms with Crippen LogP contribution in [-0.2, 0) is 19.7 Å². The molecule has 0 saturated heterocycles. The van der Waals surface area contributed by atoms with Crippen LogP contribution in [0.5, 0.6) is 0 Å². The predicted octanol–water partition coefficient (Wildman–Crippen LogP) is -1.61. The lowest BCUT2D eigenvalue weighted by Crippen LogP contribution is -2.22. The van der Waals surface area contributed by atoms with Gasteiger partial charge >= 0.3 is 11.4 Å². The van der Waals surface area contributed by atoms with Crippen molar-refractivity contribution in [2.75, 3.05) is 0 Å². The van der Waals surface area contributed by atoms with Crippen molar-refractivity contribution in [1.29, 1.82) is 10.8 Å². The van der Waals surface area contributed by atoms with E-state index in [9.17, 15) is 4.21 Å². The maximum absolute atomic E-state index is 10.3. The average Bonchev–Trinajstić information content (AvgIpc) is 1.58. The minimum absolute atomic E-state index is 0.764. The van der Waals surface area contributed by atoms with Crippen molar-refractivity contribution < 1.29 is 12.6 Å². The highest BCUT2D eigenvalue weighted by atomic mass is 32.2. The maximum atomic E-state index is 10.3. The van der Waals surface area contributed by atoms with E-state index in [4.69, 9.17) is 10.8 Å². The molecule has 0 aliphatic carbocycles. The monoisotopic (exact) mass is 166 g/mol. The Morgan fingerprint density at radius 1 is 1.20 bits per heavy atom. The Labute approximate surface area is 59.2 Å². The molecule has 0 bridgehead atoms. The zero-order valence-electron chi connectivity index (χ0n) is 4.79. The van der Waals surface area contributed by atoms with E-state index in [1.807, 2.05) is 0 Å². The molecule has 0 rings (SSSR count). The van der Waals surface area contributed by atoms with E-state index >= 15 is 0 Å². The van der Waals surface area contributed by atoms with Gasteiger partial charge in [0.1, 0.15) is 0 Å². The van der Waals surface area contributed by atoms with Crippen LogP contribution in [0.25, 0.3) is 0 Å². The molecular weight excluding hydrogens is 160 g/mol. The number of hydrogen-bond acceptors (Lipinski definition) is 5. The lowest BCUT2D eigenvalue weighted by atomic mass is 11.3. The third-order valence-corrected chi connectivity index (χ3v) is 0.947. The van der Waals surface area contributed by atoms with Crippen molar-refractivity contribution >= 4 is 23.4 Å². The maximum Gasteiger partial charge on any atom is 0.423 e. The van der Waals surface area contributed by atoms with Crippen molar-refractivity contribution in [1.82, 2.24) is 0 Å². The van der Waals surface area contributed by atoms with Crippen LogP contribution in [0.4, 0.5) is 0 Å². The summed E-state index contributed by atoms with van der Waals surface area (Å²) >= 11 is -2.28. The van der Waals surface area contributed by atoms with Gasteiger partial charge in [-0.15, -0.1) is 0 Å². The van der Waals surface area contributed by atoms with Gasteiger partial charge in [0.25, 0.3) is 12.0 Å². The Kier molecular flexibility index (Phi) is 3.19. The summed E-state index contributed by atoms with van der Waals surface area (Å²) in [6.45, 7) is 0. The molecule has 6 N–H and O–H groups in total. The number of amidine groups is 2. The van der Waals surface area contributed by atoms with Gasteiger partial charge < -0.3 is 19.8 Å². The van der Waals surface area contributed by atoms with Crippen LogP contribution in [0, 0.1) is 10.8 Å². The van der Waals surface area contributed by atoms with Gasteiger partial charge in [0.2, 0.25) is 0 Å². The largest absolute Gasteiger partial charge is 0.423 e. The molecule has 0 amide bonds. The molecule has 0 heterocycles. The second-order valence-corrected chi connectivity index (χ2v) is 1.84. The number of nitrogens with one attached hydrogen (secondary N) is 2. The van der Waals surface area contributed by atoms with Crippen molar-refractivity contribution in [2.45, 2.75) is 0 Å². The highest BCUT2D eigenvalue weighted by molar-refractivity contribution is 7.76. The van der Waals surface area contributed by atoms with Gasteiger partial charge in [-0.25, -0.2) is 0 Å². The molecule has 0 aliphatic heterocycles. The quantitative estimate of drug-likeness (QED) is 0.289. The first kappa shape index (κ1) is 8.69. The third-order valence-electron chi connectivity index (χ3n) is 0.316. The molecule has 7 nitrogen and oxygen atoms in total. The molecule has 58 valence electrons. The summed E-state index contributed by atoms with van der Waals surface area (Å²) in [7, 11) is 0. The first-order valence-corrected chi connectivity index (χ1v) is 2.99. The van der Waals surface area contributed by atoms with Gasteiger partial charge in [0.15, 0.2) is 0 Å². The zero-order valence-corrected chi connectivity index (χ0v) is 5.60. The van der Waals surface area contributed by atoms with Gasteiger partial charge in [0, 0.05) is 0 Å². The SMILES string of the molecule is N=C(N)OS(=O)OC(=N)N. The van der Waals surface area contributed by atoms with Crippen molar-refractivity contribution in [2.24, 2.45) is 11.5 Å². The fraction of sp³-hybridized carbons (Fsp3) is 0. The van der Waals surface area contributed by atoms with Crippen molar-refractivity contribution in [3.63, 3.8) is 0 Å². The molecule has 8 heteroatoms. The van der Waals surface area contributed by atoms with Crippen LogP contribution in [0.15, 0.2) is 0 Å². The van der Waals surface area contributed by atoms with Crippen molar-refractivity contribution in [3.8, 4) is 0 Å². The number of rotatable bonds is 2. The van der Waals surface area contributed by atoms with Gasteiger partial charge in [-0.1, -0.05) is 0 Å². The van der Waals surface area contributed by atoms with Crippen LogP contribution in [0.1, 0.15) is 0 Å². The topological polar surface area (TPSA) is 135 Å². The van der Waals surface area contributed by atoms with E-state index in [1.165, 1.54) is 0 Å². The Hall–Kier alpha value is -1.31. The van der Waals surface area contributed by atoms with Crippen molar-refractivity contribution in [3.05, 3.63) is 0 Å². The third kappa shape index (κ3) is 4.84. The van der Waals surface area contributed by atoms with Crippen LogP contribution in [0.2, 0.25) is 0 Å². The summed E-state index contributed by atoms with van der Waals surface area (Å²) in [5, 5.41) is 12.9. The summed E-state index contributed by atoms with van der Waals surface area (Å²) in [5.74, 6) is 0. The molecule has 0 radical (unpaired) electrons. The zero-order chi connectivity index (χ0) is 8.15. The molecule has 0 aliphatic rings. The molecule has 0 saturated carbocycles. The fourth-order valence-electron chi connectivity index (χ4n) is 0.164. The molecular formula is C2H6N4O3S. The summed E-state index contributed by atoms with van der Waals surface area (Å²) in [5.41, 5.74) is 9.29. The molecule has 0 spiro atoms. The Bertz CT molecular complexity index is 161. The van der Waals surface area contributed by atoms with Crippen LogP contribution in [0.3, 0.4) is 0 Å². The van der Waals surface area contributed by atoms with Crippen LogP contribution < -0.4 is 11.5 Å². The van der Waals surface area contributed by atoms with E-state index in [0.29, 0.717) is 0 Å². The highest BCUT2D eigenvalue weighted by Crippen LogP contribution is 1.85. The summed E-state index contributed by atoms with van der Waals surface area (Å²) in [6, 6.07) is -1.53. The molecule has 10 heavy (non-hydrogen) atoms. The van der Waals surface area contributed by atoms with E-state index in [1.54, 1.807) is 0 Å². The molecule has 0 unspecified atom stereocenters. The van der Waals surface area contributed by atoms with Crippen LogP contribution in [-0.4, -0.2) is 16.3 Å². The number of hydrogen-bond donors (Lipinski definition) is 4. The highest BCUT2D eigenvalue weighted by Gasteiger charge is 2.03. The molecule has 0 fully saturated rings. The second kappa shape index (κ2) is 3.67. The van der Waals surface area contributed by atoms with Gasteiger partial charge in [-0.05, 0) is 0 Å². The summed E-state index contributed by atoms with van der Waals surface area (Å²) in [6.07, 6.45) is 0. The standard InChI is InChI=1S/C2H6N4O3S/c3-1(4)8-10(7)9-2(5)6/h(H3,3,4)(H3,5,6). The van der Waals surface area contributed by atoms with Crippen LogP contribution >= 0.6 is 0 Å². The minimum Gasteiger partial charge on any atom is -0.353 e. The molecule has 0 aromatic rings. The normalized spacial score (nSPS) is 11.6. The Morgan fingerprint density at radius 2 is 1.50 bits per heavy atom. The van der Waals surface area contributed by atoms with E-state index < -0.39 is 23.4 Å². The second-order valence-electron chi connectivity index (χ2n) is 1.10. The Morgan fingerprint density at radius 3 is 1.70 bits per heavy atom. The van der Waals surface area contributed by atoms with E-state index in [0.717, 1.165) is 0 Å². The fourth-order valence-corrected chi connectivity index (χ4v) is 0.491. The van der Waals surface area contributed by atoms with Gasteiger partial charge in [0.05, 0.1) is 0 Å². The smallest absolute Gasteiger partial charge is 0.353 e. The Balaban J connectivity index is 3.65. The minimum atomic E-state index is -2.28.